The fraction of sp³-hybridized carbons (Fsp3) is 0.300. The molecule has 2 aromatic rings. The molecule has 0 fully saturated rings. The number of carbonyl (C=O) groups excluding carboxylic acids is 1. The zero-order valence-electron chi connectivity index (χ0n) is 15.2. The van der Waals surface area contributed by atoms with Crippen LogP contribution in [0.3, 0.4) is 0 Å². The van der Waals surface area contributed by atoms with E-state index in [0.29, 0.717) is 24.2 Å². The smallest absolute Gasteiger partial charge is 0.319 e. The van der Waals surface area contributed by atoms with E-state index in [9.17, 15) is 13.6 Å². The van der Waals surface area contributed by atoms with Crippen molar-refractivity contribution in [3.05, 3.63) is 71.3 Å². The van der Waals surface area contributed by atoms with Gasteiger partial charge in [0.05, 0.1) is 12.3 Å². The minimum atomic E-state index is -0.371. The number of nitrogens with zero attached hydrogens (tertiary/aromatic N) is 3. The van der Waals surface area contributed by atoms with Gasteiger partial charge in [0, 0.05) is 32.6 Å². The SMILES string of the molecule is CN(C)C(=O)N(Cc1ccc(F)cc1)CC1CC(c2ccccc2F)=NO1. The number of amides is 2. The molecule has 5 nitrogen and oxygen atoms in total. The highest BCUT2D eigenvalue weighted by Gasteiger charge is 2.28. The van der Waals surface area contributed by atoms with Crippen molar-refractivity contribution in [1.29, 1.82) is 0 Å². The largest absolute Gasteiger partial charge is 0.390 e. The summed E-state index contributed by atoms with van der Waals surface area (Å²) in [5, 5.41) is 4.00. The summed E-state index contributed by atoms with van der Waals surface area (Å²) >= 11 is 0. The molecule has 0 saturated heterocycles. The molecule has 142 valence electrons. The summed E-state index contributed by atoms with van der Waals surface area (Å²) in [4.78, 5) is 21.1. The summed E-state index contributed by atoms with van der Waals surface area (Å²) < 4.78 is 27.1. The average Bonchev–Trinajstić information content (AvgIpc) is 3.11. The summed E-state index contributed by atoms with van der Waals surface area (Å²) in [6, 6.07) is 12.2. The van der Waals surface area contributed by atoms with Crippen molar-refractivity contribution in [3.63, 3.8) is 0 Å². The average molecular weight is 373 g/mol. The second kappa shape index (κ2) is 8.16. The van der Waals surface area contributed by atoms with Gasteiger partial charge in [-0.3, -0.25) is 0 Å². The van der Waals surface area contributed by atoms with Crippen molar-refractivity contribution in [1.82, 2.24) is 9.80 Å². The van der Waals surface area contributed by atoms with Gasteiger partial charge in [-0.05, 0) is 23.8 Å². The first-order valence-electron chi connectivity index (χ1n) is 8.62. The van der Waals surface area contributed by atoms with E-state index in [1.54, 1.807) is 49.3 Å². The van der Waals surface area contributed by atoms with Gasteiger partial charge in [-0.25, -0.2) is 13.6 Å². The Labute approximate surface area is 156 Å². The van der Waals surface area contributed by atoms with Gasteiger partial charge in [-0.2, -0.15) is 0 Å². The number of hydrogen-bond acceptors (Lipinski definition) is 3. The Bertz CT molecular complexity index is 837. The normalized spacial score (nSPS) is 15.9. The van der Waals surface area contributed by atoms with Gasteiger partial charge < -0.3 is 14.6 Å². The van der Waals surface area contributed by atoms with Crippen LogP contribution in [0.15, 0.2) is 53.7 Å². The highest BCUT2D eigenvalue weighted by molar-refractivity contribution is 6.01. The van der Waals surface area contributed by atoms with Crippen molar-refractivity contribution in [3.8, 4) is 0 Å². The van der Waals surface area contributed by atoms with Crippen LogP contribution in [0.5, 0.6) is 0 Å². The third-order valence-corrected chi connectivity index (χ3v) is 4.28. The van der Waals surface area contributed by atoms with E-state index in [1.165, 1.54) is 23.1 Å². The minimum absolute atomic E-state index is 0.192. The highest BCUT2D eigenvalue weighted by atomic mass is 19.1. The lowest BCUT2D eigenvalue weighted by Crippen LogP contribution is -2.42. The van der Waals surface area contributed by atoms with E-state index >= 15 is 0 Å². The molecule has 27 heavy (non-hydrogen) atoms. The van der Waals surface area contributed by atoms with Crippen LogP contribution in [-0.2, 0) is 11.4 Å². The number of hydrogen-bond donors (Lipinski definition) is 0. The monoisotopic (exact) mass is 373 g/mol. The number of carbonyl (C=O) groups is 1. The molecule has 2 amide bonds. The molecule has 0 saturated carbocycles. The Morgan fingerprint density at radius 1 is 1.15 bits per heavy atom. The lowest BCUT2D eigenvalue weighted by atomic mass is 10.0. The number of halogens is 2. The van der Waals surface area contributed by atoms with Crippen LogP contribution in [0, 0.1) is 11.6 Å². The summed E-state index contributed by atoms with van der Waals surface area (Å²) in [6.45, 7) is 0.599. The topological polar surface area (TPSA) is 45.1 Å². The van der Waals surface area contributed by atoms with Crippen LogP contribution in [0.1, 0.15) is 17.5 Å². The van der Waals surface area contributed by atoms with Gasteiger partial charge >= 0.3 is 6.03 Å². The molecule has 0 aromatic heterocycles. The Morgan fingerprint density at radius 2 is 1.85 bits per heavy atom. The first-order chi connectivity index (χ1) is 12.9. The molecule has 0 spiro atoms. The molecular formula is C20H21F2N3O2. The molecule has 2 aromatic carbocycles. The third kappa shape index (κ3) is 4.61. The number of rotatable bonds is 5. The van der Waals surface area contributed by atoms with Gasteiger partial charge in [0.1, 0.15) is 11.6 Å². The van der Waals surface area contributed by atoms with Gasteiger partial charge in [-0.15, -0.1) is 0 Å². The molecule has 3 rings (SSSR count). The first-order valence-corrected chi connectivity index (χ1v) is 8.62. The van der Waals surface area contributed by atoms with Crippen LogP contribution in [0.4, 0.5) is 13.6 Å². The van der Waals surface area contributed by atoms with Crippen LogP contribution in [0.25, 0.3) is 0 Å². The van der Waals surface area contributed by atoms with E-state index in [0.717, 1.165) is 5.56 Å². The molecule has 1 unspecified atom stereocenters. The maximum absolute atomic E-state index is 13.9. The van der Waals surface area contributed by atoms with Crippen molar-refractivity contribution in [2.75, 3.05) is 20.6 Å². The zero-order chi connectivity index (χ0) is 19.4. The van der Waals surface area contributed by atoms with Crippen molar-refractivity contribution in [2.45, 2.75) is 19.1 Å². The summed E-state index contributed by atoms with van der Waals surface area (Å²) in [7, 11) is 3.33. The van der Waals surface area contributed by atoms with Crippen LogP contribution in [-0.4, -0.2) is 48.3 Å². The van der Waals surface area contributed by atoms with E-state index in [-0.39, 0.29) is 30.3 Å². The molecular weight excluding hydrogens is 352 g/mol. The Kier molecular flexibility index (Phi) is 5.69. The molecule has 0 bridgehead atoms. The van der Waals surface area contributed by atoms with Gasteiger partial charge in [0.15, 0.2) is 6.10 Å². The molecule has 1 atom stereocenters. The fourth-order valence-electron chi connectivity index (χ4n) is 2.93. The predicted molar refractivity (Wildman–Crippen MR) is 98.3 cm³/mol. The van der Waals surface area contributed by atoms with Crippen molar-refractivity contribution >= 4 is 11.7 Å². The van der Waals surface area contributed by atoms with Crippen molar-refractivity contribution in [2.24, 2.45) is 5.16 Å². The molecule has 0 aliphatic carbocycles. The summed E-state index contributed by atoms with van der Waals surface area (Å²) in [6.07, 6.45) is 0.0330. The molecule has 0 radical (unpaired) electrons. The molecule has 7 heteroatoms. The van der Waals surface area contributed by atoms with E-state index in [2.05, 4.69) is 5.16 Å². The molecule has 0 N–H and O–H groups in total. The standard InChI is InChI=1S/C20H21F2N3O2/c1-24(2)20(26)25(12-14-7-9-15(21)10-8-14)13-16-11-19(23-27-16)17-5-3-4-6-18(17)22/h3-10,16H,11-13H2,1-2H3. The molecule has 1 aliphatic rings. The molecule has 1 heterocycles. The van der Waals surface area contributed by atoms with Crippen LogP contribution < -0.4 is 0 Å². The summed E-state index contributed by atoms with van der Waals surface area (Å²) in [5.41, 5.74) is 1.74. The minimum Gasteiger partial charge on any atom is -0.390 e. The second-order valence-corrected chi connectivity index (χ2v) is 6.63. The zero-order valence-corrected chi connectivity index (χ0v) is 15.2. The lowest BCUT2D eigenvalue weighted by molar-refractivity contribution is 0.0551. The Hall–Kier alpha value is -2.96. The number of urea groups is 1. The van der Waals surface area contributed by atoms with E-state index < -0.39 is 0 Å². The van der Waals surface area contributed by atoms with Crippen LogP contribution in [0.2, 0.25) is 0 Å². The maximum atomic E-state index is 13.9. The Balaban J connectivity index is 1.69. The lowest BCUT2D eigenvalue weighted by Gasteiger charge is -2.27. The number of benzene rings is 2. The van der Waals surface area contributed by atoms with Crippen LogP contribution >= 0.6 is 0 Å². The van der Waals surface area contributed by atoms with Gasteiger partial charge in [0.2, 0.25) is 0 Å². The second-order valence-electron chi connectivity index (χ2n) is 6.63. The quantitative estimate of drug-likeness (QED) is 0.803. The third-order valence-electron chi connectivity index (χ3n) is 4.28. The van der Waals surface area contributed by atoms with Gasteiger partial charge in [-0.1, -0.05) is 35.5 Å². The number of oxime groups is 1. The fourth-order valence-corrected chi connectivity index (χ4v) is 2.93. The highest BCUT2D eigenvalue weighted by Crippen LogP contribution is 2.21. The van der Waals surface area contributed by atoms with Crippen molar-refractivity contribution < 1.29 is 18.4 Å². The maximum Gasteiger partial charge on any atom is 0.319 e. The van der Waals surface area contributed by atoms with E-state index in [1.807, 2.05) is 0 Å². The van der Waals surface area contributed by atoms with Gasteiger partial charge in [0.25, 0.3) is 0 Å². The molecule has 1 aliphatic heterocycles. The van der Waals surface area contributed by atoms with E-state index in [4.69, 9.17) is 4.84 Å². The first kappa shape index (κ1) is 18.8. The predicted octanol–water partition coefficient (Wildman–Crippen LogP) is 3.64. The summed E-state index contributed by atoms with van der Waals surface area (Å²) in [5.74, 6) is -0.681. The Morgan fingerprint density at radius 3 is 2.52 bits per heavy atom.